The zero-order valence-corrected chi connectivity index (χ0v) is 11.8. The zero-order valence-electron chi connectivity index (χ0n) is 11.8. The summed E-state index contributed by atoms with van der Waals surface area (Å²) in [6, 6.07) is 7.78. The van der Waals surface area contributed by atoms with Gasteiger partial charge in [0.1, 0.15) is 0 Å². The van der Waals surface area contributed by atoms with Crippen molar-refractivity contribution in [2.24, 2.45) is 11.7 Å². The Balaban J connectivity index is 1.71. The molecule has 0 spiro atoms. The van der Waals surface area contributed by atoms with E-state index in [1.807, 2.05) is 24.3 Å². The van der Waals surface area contributed by atoms with Crippen LogP contribution in [0.4, 0.5) is 0 Å². The van der Waals surface area contributed by atoms with Gasteiger partial charge in [-0.3, -0.25) is 4.57 Å². The summed E-state index contributed by atoms with van der Waals surface area (Å²) in [6.45, 7) is 5.65. The standard InChI is InChI=1S/C15H21N3O2/c1-11-6-7-17(10-12(11)16)8-9-18-13-4-2-3-5-14(13)20-15(18)19/h2-5,11-12H,6-10,16H2,1H3. The molecule has 108 valence electrons. The number of hydrogen-bond donors (Lipinski definition) is 1. The van der Waals surface area contributed by atoms with E-state index in [4.69, 9.17) is 10.2 Å². The lowest BCUT2D eigenvalue weighted by Crippen LogP contribution is -2.48. The smallest absolute Gasteiger partial charge is 0.408 e. The Morgan fingerprint density at radius 3 is 2.95 bits per heavy atom. The summed E-state index contributed by atoms with van der Waals surface area (Å²) in [5.41, 5.74) is 7.63. The van der Waals surface area contributed by atoms with E-state index in [0.717, 1.165) is 31.6 Å². The fourth-order valence-corrected chi connectivity index (χ4v) is 2.84. The van der Waals surface area contributed by atoms with Crippen molar-refractivity contribution in [3.63, 3.8) is 0 Å². The van der Waals surface area contributed by atoms with E-state index in [-0.39, 0.29) is 11.8 Å². The van der Waals surface area contributed by atoms with Crippen molar-refractivity contribution in [1.29, 1.82) is 0 Å². The van der Waals surface area contributed by atoms with Crippen molar-refractivity contribution in [1.82, 2.24) is 9.47 Å². The Hall–Kier alpha value is -1.59. The summed E-state index contributed by atoms with van der Waals surface area (Å²) in [4.78, 5) is 14.2. The van der Waals surface area contributed by atoms with Crippen LogP contribution >= 0.6 is 0 Å². The molecule has 0 aliphatic carbocycles. The second-order valence-corrected chi connectivity index (χ2v) is 5.72. The van der Waals surface area contributed by atoms with Gasteiger partial charge in [-0.2, -0.15) is 0 Å². The van der Waals surface area contributed by atoms with E-state index < -0.39 is 0 Å². The lowest BCUT2D eigenvalue weighted by molar-refractivity contribution is 0.163. The van der Waals surface area contributed by atoms with Crippen molar-refractivity contribution in [3.8, 4) is 0 Å². The fourth-order valence-electron chi connectivity index (χ4n) is 2.84. The molecule has 20 heavy (non-hydrogen) atoms. The van der Waals surface area contributed by atoms with Crippen LogP contribution in [0.25, 0.3) is 11.1 Å². The molecule has 0 amide bonds. The normalized spacial score (nSPS) is 24.3. The van der Waals surface area contributed by atoms with Gasteiger partial charge in [0.15, 0.2) is 5.58 Å². The van der Waals surface area contributed by atoms with E-state index in [2.05, 4.69) is 11.8 Å². The molecule has 2 atom stereocenters. The largest absolute Gasteiger partial charge is 0.419 e. The van der Waals surface area contributed by atoms with E-state index in [1.165, 1.54) is 0 Å². The van der Waals surface area contributed by atoms with Crippen molar-refractivity contribution >= 4 is 11.1 Å². The molecule has 1 aliphatic rings. The van der Waals surface area contributed by atoms with Gasteiger partial charge >= 0.3 is 5.76 Å². The maximum absolute atomic E-state index is 11.9. The SMILES string of the molecule is CC1CCN(CCn2c(=O)oc3ccccc32)CC1N. The van der Waals surface area contributed by atoms with Gasteiger partial charge in [-0.15, -0.1) is 0 Å². The summed E-state index contributed by atoms with van der Waals surface area (Å²) in [5, 5.41) is 0. The number of para-hydroxylation sites is 2. The van der Waals surface area contributed by atoms with Gasteiger partial charge in [-0.25, -0.2) is 4.79 Å². The highest BCUT2D eigenvalue weighted by molar-refractivity contribution is 5.72. The Labute approximate surface area is 118 Å². The highest BCUT2D eigenvalue weighted by Crippen LogP contribution is 2.16. The third kappa shape index (κ3) is 2.51. The number of piperidine rings is 1. The molecule has 1 saturated heterocycles. The third-order valence-corrected chi connectivity index (χ3v) is 4.31. The average Bonchev–Trinajstić information content (AvgIpc) is 2.76. The van der Waals surface area contributed by atoms with Gasteiger partial charge < -0.3 is 15.1 Å². The van der Waals surface area contributed by atoms with E-state index in [0.29, 0.717) is 18.0 Å². The van der Waals surface area contributed by atoms with Crippen molar-refractivity contribution < 1.29 is 4.42 Å². The number of likely N-dealkylation sites (tertiary alicyclic amines) is 1. The minimum absolute atomic E-state index is 0.238. The van der Waals surface area contributed by atoms with Gasteiger partial charge in [0.25, 0.3) is 0 Å². The van der Waals surface area contributed by atoms with Crippen LogP contribution in [-0.4, -0.2) is 35.1 Å². The summed E-state index contributed by atoms with van der Waals surface area (Å²) < 4.78 is 6.95. The molecule has 2 aromatic rings. The van der Waals surface area contributed by atoms with Crippen LogP contribution in [0, 0.1) is 5.92 Å². The molecule has 0 bridgehead atoms. The van der Waals surface area contributed by atoms with Crippen LogP contribution < -0.4 is 11.5 Å². The van der Waals surface area contributed by atoms with Gasteiger partial charge in [0.05, 0.1) is 5.52 Å². The molecule has 1 fully saturated rings. The number of hydrogen-bond acceptors (Lipinski definition) is 4. The van der Waals surface area contributed by atoms with Crippen LogP contribution in [0.2, 0.25) is 0 Å². The van der Waals surface area contributed by atoms with Crippen LogP contribution in [0.5, 0.6) is 0 Å². The lowest BCUT2D eigenvalue weighted by atomic mass is 9.94. The number of fused-ring (bicyclic) bond motifs is 1. The molecule has 3 rings (SSSR count). The highest BCUT2D eigenvalue weighted by atomic mass is 16.4. The van der Waals surface area contributed by atoms with Crippen molar-refractivity contribution in [2.45, 2.75) is 25.9 Å². The van der Waals surface area contributed by atoms with E-state index >= 15 is 0 Å². The van der Waals surface area contributed by atoms with Crippen LogP contribution in [0.1, 0.15) is 13.3 Å². The number of benzene rings is 1. The highest BCUT2D eigenvalue weighted by Gasteiger charge is 2.23. The first-order valence-corrected chi connectivity index (χ1v) is 7.21. The molecular weight excluding hydrogens is 254 g/mol. The number of nitrogens with two attached hydrogens (primary N) is 1. The van der Waals surface area contributed by atoms with Crippen molar-refractivity contribution in [3.05, 3.63) is 34.8 Å². The number of oxazole rings is 1. The molecule has 2 unspecified atom stereocenters. The first-order valence-electron chi connectivity index (χ1n) is 7.21. The summed E-state index contributed by atoms with van der Waals surface area (Å²) in [5.74, 6) is 0.310. The zero-order chi connectivity index (χ0) is 14.1. The predicted molar refractivity (Wildman–Crippen MR) is 78.7 cm³/mol. The Morgan fingerprint density at radius 1 is 1.35 bits per heavy atom. The quantitative estimate of drug-likeness (QED) is 0.916. The predicted octanol–water partition coefficient (Wildman–Crippen LogP) is 1.26. The first-order chi connectivity index (χ1) is 9.65. The Bertz CT molecular complexity index is 646. The molecule has 0 saturated carbocycles. The average molecular weight is 275 g/mol. The number of nitrogens with zero attached hydrogens (tertiary/aromatic N) is 2. The van der Waals surface area contributed by atoms with E-state index in [1.54, 1.807) is 4.57 Å². The van der Waals surface area contributed by atoms with Crippen LogP contribution in [0.15, 0.2) is 33.5 Å². The molecule has 5 nitrogen and oxygen atoms in total. The Kier molecular flexibility index (Phi) is 3.63. The molecule has 1 aromatic carbocycles. The van der Waals surface area contributed by atoms with Gasteiger partial charge in [0, 0.05) is 25.7 Å². The third-order valence-electron chi connectivity index (χ3n) is 4.31. The molecule has 1 aliphatic heterocycles. The van der Waals surface area contributed by atoms with Gasteiger partial charge in [-0.05, 0) is 31.0 Å². The van der Waals surface area contributed by atoms with Crippen molar-refractivity contribution in [2.75, 3.05) is 19.6 Å². The van der Waals surface area contributed by atoms with Gasteiger partial charge in [0.2, 0.25) is 0 Å². The molecular formula is C15H21N3O2. The lowest BCUT2D eigenvalue weighted by Gasteiger charge is -2.34. The second-order valence-electron chi connectivity index (χ2n) is 5.72. The molecule has 2 heterocycles. The molecule has 2 N–H and O–H groups in total. The topological polar surface area (TPSA) is 64.4 Å². The molecule has 0 radical (unpaired) electrons. The maximum Gasteiger partial charge on any atom is 0.419 e. The molecule has 5 heteroatoms. The van der Waals surface area contributed by atoms with Crippen LogP contribution in [0.3, 0.4) is 0 Å². The number of rotatable bonds is 3. The fraction of sp³-hybridized carbons (Fsp3) is 0.533. The Morgan fingerprint density at radius 2 is 2.15 bits per heavy atom. The minimum Gasteiger partial charge on any atom is -0.408 e. The monoisotopic (exact) mass is 275 g/mol. The minimum atomic E-state index is -0.277. The van der Waals surface area contributed by atoms with E-state index in [9.17, 15) is 4.79 Å². The summed E-state index contributed by atoms with van der Waals surface area (Å²) >= 11 is 0. The first kappa shape index (κ1) is 13.4. The summed E-state index contributed by atoms with van der Waals surface area (Å²) in [6.07, 6.45) is 1.13. The summed E-state index contributed by atoms with van der Waals surface area (Å²) in [7, 11) is 0. The number of aromatic nitrogens is 1. The maximum atomic E-state index is 11.9. The van der Waals surface area contributed by atoms with Gasteiger partial charge in [-0.1, -0.05) is 19.1 Å². The molecule has 1 aromatic heterocycles. The van der Waals surface area contributed by atoms with Crippen LogP contribution in [-0.2, 0) is 6.54 Å². The second kappa shape index (κ2) is 5.42.